The summed E-state index contributed by atoms with van der Waals surface area (Å²) in [4.78, 5) is 6.38. The average Bonchev–Trinajstić information content (AvgIpc) is 2.80. The molecule has 0 fully saturated rings. The molecule has 2 aromatic rings. The molecule has 0 atom stereocenters. The first-order valence-electron chi connectivity index (χ1n) is 5.57. The molecular weight excluding hydrogens is 230 g/mol. The lowest BCUT2D eigenvalue weighted by atomic mass is 10.1. The lowest BCUT2D eigenvalue weighted by molar-refractivity contribution is 1.09. The van der Waals surface area contributed by atoms with Crippen LogP contribution in [0.25, 0.3) is 0 Å². The molecule has 1 heterocycles. The van der Waals surface area contributed by atoms with Gasteiger partial charge in [-0.3, -0.25) is 0 Å². The summed E-state index contributed by atoms with van der Waals surface area (Å²) in [7, 11) is 4.12. The summed E-state index contributed by atoms with van der Waals surface area (Å²) in [5.41, 5.74) is 3.67. The van der Waals surface area contributed by atoms with Crippen LogP contribution in [-0.4, -0.2) is 19.1 Å². The fraction of sp³-hybridized carbons (Fsp3) is 0.308. The highest BCUT2D eigenvalue weighted by molar-refractivity contribution is 7.09. The lowest BCUT2D eigenvalue weighted by Crippen LogP contribution is -2.10. The normalized spacial score (nSPS) is 10.3. The van der Waals surface area contributed by atoms with Crippen molar-refractivity contribution in [3.05, 3.63) is 40.3 Å². The molecule has 0 amide bonds. The number of thiazole rings is 1. The van der Waals surface area contributed by atoms with Crippen molar-refractivity contribution in [2.24, 2.45) is 0 Å². The van der Waals surface area contributed by atoms with E-state index in [0.717, 1.165) is 17.2 Å². The van der Waals surface area contributed by atoms with Crippen LogP contribution in [-0.2, 0) is 6.54 Å². The molecule has 0 saturated carbocycles. The van der Waals surface area contributed by atoms with Gasteiger partial charge in [-0.05, 0) is 24.6 Å². The van der Waals surface area contributed by atoms with Crippen LogP contribution in [0.15, 0.2) is 29.8 Å². The maximum absolute atomic E-state index is 4.25. The summed E-state index contributed by atoms with van der Waals surface area (Å²) in [6.45, 7) is 2.91. The van der Waals surface area contributed by atoms with E-state index in [4.69, 9.17) is 0 Å². The Hall–Kier alpha value is -1.55. The smallest absolute Gasteiger partial charge is 0.112 e. The van der Waals surface area contributed by atoms with Gasteiger partial charge in [0.25, 0.3) is 0 Å². The number of nitrogens with one attached hydrogen (secondary N) is 1. The van der Waals surface area contributed by atoms with Crippen LogP contribution in [0.5, 0.6) is 0 Å². The highest BCUT2D eigenvalue weighted by Crippen LogP contribution is 2.22. The van der Waals surface area contributed by atoms with Crippen LogP contribution in [0.3, 0.4) is 0 Å². The van der Waals surface area contributed by atoms with E-state index in [0.29, 0.717) is 0 Å². The van der Waals surface area contributed by atoms with Crippen molar-refractivity contribution in [3.63, 3.8) is 0 Å². The summed E-state index contributed by atoms with van der Waals surface area (Å²) < 4.78 is 0. The predicted octanol–water partition coefficient (Wildman–Crippen LogP) is 3.13. The number of aryl methyl sites for hydroxylation is 1. The average molecular weight is 247 g/mol. The third-order valence-corrected chi connectivity index (χ3v) is 3.40. The zero-order chi connectivity index (χ0) is 12.3. The molecule has 0 spiro atoms. The third-order valence-electron chi connectivity index (χ3n) is 2.62. The number of hydrogen-bond donors (Lipinski definition) is 1. The molecule has 1 aromatic heterocycles. The van der Waals surface area contributed by atoms with Crippen molar-refractivity contribution in [1.82, 2.24) is 4.98 Å². The predicted molar refractivity (Wildman–Crippen MR) is 74.9 cm³/mol. The molecule has 0 aliphatic heterocycles. The van der Waals surface area contributed by atoms with Gasteiger partial charge >= 0.3 is 0 Å². The first-order valence-corrected chi connectivity index (χ1v) is 6.45. The van der Waals surface area contributed by atoms with Gasteiger partial charge in [0.15, 0.2) is 0 Å². The molecule has 0 radical (unpaired) electrons. The van der Waals surface area contributed by atoms with Crippen LogP contribution < -0.4 is 10.2 Å². The summed E-state index contributed by atoms with van der Waals surface area (Å²) in [5.74, 6) is 0. The van der Waals surface area contributed by atoms with Crippen molar-refractivity contribution < 1.29 is 0 Å². The Labute approximate surface area is 106 Å². The first kappa shape index (κ1) is 11.9. The summed E-state index contributed by atoms with van der Waals surface area (Å²) in [5, 5.41) is 6.50. The van der Waals surface area contributed by atoms with Gasteiger partial charge in [0.05, 0.1) is 6.54 Å². The second-order valence-electron chi connectivity index (χ2n) is 4.18. The highest BCUT2D eigenvalue weighted by Gasteiger charge is 2.02. The molecule has 4 heteroatoms. The zero-order valence-corrected chi connectivity index (χ0v) is 11.2. The van der Waals surface area contributed by atoms with E-state index in [1.807, 2.05) is 11.6 Å². The second kappa shape index (κ2) is 5.19. The molecule has 0 aliphatic carbocycles. The Kier molecular flexibility index (Phi) is 3.64. The number of rotatable bonds is 4. The molecule has 17 heavy (non-hydrogen) atoms. The SMILES string of the molecule is Cc1ccc(NCc2nccs2)cc1N(C)C. The van der Waals surface area contributed by atoms with Crippen molar-refractivity contribution >= 4 is 22.7 Å². The van der Waals surface area contributed by atoms with Crippen molar-refractivity contribution in [1.29, 1.82) is 0 Å². The largest absolute Gasteiger partial charge is 0.378 e. The van der Waals surface area contributed by atoms with Crippen LogP contribution in [0, 0.1) is 6.92 Å². The topological polar surface area (TPSA) is 28.2 Å². The molecule has 1 N–H and O–H groups in total. The number of hydrogen-bond acceptors (Lipinski definition) is 4. The minimum atomic E-state index is 0.785. The van der Waals surface area contributed by atoms with E-state index >= 15 is 0 Å². The summed E-state index contributed by atoms with van der Waals surface area (Å²) in [6.07, 6.45) is 1.84. The standard InChI is InChI=1S/C13H17N3S/c1-10-4-5-11(8-12(10)16(2)3)15-9-13-14-6-7-17-13/h4-8,15H,9H2,1-3H3. The molecule has 0 saturated heterocycles. The van der Waals surface area contributed by atoms with E-state index in [1.54, 1.807) is 11.3 Å². The summed E-state index contributed by atoms with van der Waals surface area (Å²) in [6, 6.07) is 6.42. The quantitative estimate of drug-likeness (QED) is 0.899. The summed E-state index contributed by atoms with van der Waals surface area (Å²) >= 11 is 1.67. The van der Waals surface area contributed by atoms with E-state index in [2.05, 4.69) is 54.4 Å². The monoisotopic (exact) mass is 247 g/mol. The number of aromatic nitrogens is 1. The van der Waals surface area contributed by atoms with E-state index in [1.165, 1.54) is 11.3 Å². The van der Waals surface area contributed by atoms with E-state index in [9.17, 15) is 0 Å². The fourth-order valence-corrected chi connectivity index (χ4v) is 2.28. The van der Waals surface area contributed by atoms with Gasteiger partial charge in [-0.25, -0.2) is 4.98 Å². The first-order chi connectivity index (χ1) is 8.16. The van der Waals surface area contributed by atoms with Crippen molar-refractivity contribution in [2.45, 2.75) is 13.5 Å². The van der Waals surface area contributed by atoms with Gasteiger partial charge in [0, 0.05) is 37.0 Å². The molecule has 2 rings (SSSR count). The number of benzene rings is 1. The Morgan fingerprint density at radius 2 is 2.18 bits per heavy atom. The van der Waals surface area contributed by atoms with Gasteiger partial charge in [-0.1, -0.05) is 6.07 Å². The van der Waals surface area contributed by atoms with E-state index < -0.39 is 0 Å². The van der Waals surface area contributed by atoms with Gasteiger partial charge in [0.1, 0.15) is 5.01 Å². The Bertz CT molecular complexity index is 477. The van der Waals surface area contributed by atoms with Crippen LogP contribution >= 0.6 is 11.3 Å². The van der Waals surface area contributed by atoms with Gasteiger partial charge < -0.3 is 10.2 Å². The fourth-order valence-electron chi connectivity index (χ4n) is 1.72. The molecule has 0 unspecified atom stereocenters. The second-order valence-corrected chi connectivity index (χ2v) is 5.15. The van der Waals surface area contributed by atoms with Crippen molar-refractivity contribution in [3.8, 4) is 0 Å². The Morgan fingerprint density at radius 1 is 1.35 bits per heavy atom. The van der Waals surface area contributed by atoms with Crippen LogP contribution in [0.1, 0.15) is 10.6 Å². The molecule has 1 aromatic carbocycles. The molecule has 90 valence electrons. The lowest BCUT2D eigenvalue weighted by Gasteiger charge is -2.17. The van der Waals surface area contributed by atoms with Crippen LogP contribution in [0.2, 0.25) is 0 Å². The van der Waals surface area contributed by atoms with Gasteiger partial charge in [-0.2, -0.15) is 0 Å². The maximum Gasteiger partial charge on any atom is 0.112 e. The number of anilines is 2. The third kappa shape index (κ3) is 2.97. The number of nitrogens with zero attached hydrogens (tertiary/aromatic N) is 2. The maximum atomic E-state index is 4.25. The van der Waals surface area contributed by atoms with Crippen molar-refractivity contribution in [2.75, 3.05) is 24.3 Å². The molecular formula is C13H17N3S. The Balaban J connectivity index is 2.09. The minimum absolute atomic E-state index is 0.785. The highest BCUT2D eigenvalue weighted by atomic mass is 32.1. The van der Waals surface area contributed by atoms with Gasteiger partial charge in [-0.15, -0.1) is 11.3 Å². The minimum Gasteiger partial charge on any atom is -0.378 e. The molecule has 0 bridgehead atoms. The Morgan fingerprint density at radius 3 is 2.82 bits per heavy atom. The zero-order valence-electron chi connectivity index (χ0n) is 10.4. The molecule has 0 aliphatic rings. The van der Waals surface area contributed by atoms with E-state index in [-0.39, 0.29) is 0 Å². The van der Waals surface area contributed by atoms with Crippen LogP contribution in [0.4, 0.5) is 11.4 Å². The van der Waals surface area contributed by atoms with Gasteiger partial charge in [0.2, 0.25) is 0 Å². The molecule has 3 nitrogen and oxygen atoms in total.